The van der Waals surface area contributed by atoms with E-state index in [4.69, 9.17) is 0 Å². The van der Waals surface area contributed by atoms with Crippen LogP contribution in [-0.2, 0) is 0 Å². The van der Waals surface area contributed by atoms with E-state index in [1.54, 1.807) is 0 Å². The molecule has 1 N–H and O–H groups in total. The van der Waals surface area contributed by atoms with E-state index in [1.165, 1.54) is 30.2 Å². The van der Waals surface area contributed by atoms with E-state index in [2.05, 4.69) is 68.5 Å². The molecule has 2 aromatic rings. The van der Waals surface area contributed by atoms with Gasteiger partial charge >= 0.3 is 0 Å². The lowest BCUT2D eigenvalue weighted by atomic mass is 9.89. The van der Waals surface area contributed by atoms with Gasteiger partial charge in [-0.25, -0.2) is 0 Å². The highest BCUT2D eigenvalue weighted by Crippen LogP contribution is 2.30. The van der Waals surface area contributed by atoms with Crippen LogP contribution >= 0.6 is 0 Å². The van der Waals surface area contributed by atoms with Crippen LogP contribution in [0.1, 0.15) is 50.4 Å². The first-order valence-electron chi connectivity index (χ1n) is 7.73. The third kappa shape index (κ3) is 3.18. The summed E-state index contributed by atoms with van der Waals surface area (Å²) in [5, 5.41) is 4.79. The van der Waals surface area contributed by atoms with Crippen LogP contribution in [0.5, 0.6) is 0 Å². The Kier molecular flexibility index (Phi) is 5.13. The predicted octanol–water partition coefficient (Wildman–Crippen LogP) is 4.63. The molecule has 0 radical (unpaired) electrons. The molecule has 2 nitrogen and oxygen atoms in total. The molecule has 1 atom stereocenters. The first-order chi connectivity index (χ1) is 9.69. The van der Waals surface area contributed by atoms with Crippen LogP contribution < -0.4 is 5.32 Å². The summed E-state index contributed by atoms with van der Waals surface area (Å²) in [6, 6.07) is 11.1. The fraction of sp³-hybridized carbons (Fsp3) is 0.500. The molecule has 0 spiro atoms. The van der Waals surface area contributed by atoms with Crippen LogP contribution in [0.25, 0.3) is 10.9 Å². The molecule has 0 saturated heterocycles. The van der Waals surface area contributed by atoms with Crippen LogP contribution in [-0.4, -0.2) is 12.0 Å². The van der Waals surface area contributed by atoms with Crippen molar-refractivity contribution in [2.24, 2.45) is 5.92 Å². The molecule has 1 unspecified atom stereocenters. The number of fused-ring (bicyclic) bond motifs is 1. The topological polar surface area (TPSA) is 24.9 Å². The predicted molar refractivity (Wildman–Crippen MR) is 87.0 cm³/mol. The number of rotatable bonds is 6. The van der Waals surface area contributed by atoms with Gasteiger partial charge in [0, 0.05) is 17.1 Å². The van der Waals surface area contributed by atoms with Crippen molar-refractivity contribution in [1.82, 2.24) is 10.3 Å². The molecule has 1 aromatic heterocycles. The zero-order chi connectivity index (χ0) is 14.5. The molecule has 2 rings (SSSR count). The minimum Gasteiger partial charge on any atom is -0.313 e. The van der Waals surface area contributed by atoms with Crippen molar-refractivity contribution in [1.29, 1.82) is 0 Å². The van der Waals surface area contributed by atoms with E-state index in [-0.39, 0.29) is 0 Å². The Morgan fingerprint density at radius 1 is 1.15 bits per heavy atom. The zero-order valence-corrected chi connectivity index (χ0v) is 13.1. The highest BCUT2D eigenvalue weighted by atomic mass is 14.9. The molecule has 2 heteroatoms. The van der Waals surface area contributed by atoms with E-state index >= 15 is 0 Å². The highest BCUT2D eigenvalue weighted by Gasteiger charge is 2.17. The first kappa shape index (κ1) is 15.0. The van der Waals surface area contributed by atoms with Gasteiger partial charge in [-0.15, -0.1) is 0 Å². The van der Waals surface area contributed by atoms with Gasteiger partial charge in [0.15, 0.2) is 0 Å². The van der Waals surface area contributed by atoms with Gasteiger partial charge in [0.25, 0.3) is 0 Å². The van der Waals surface area contributed by atoms with Crippen LogP contribution in [0.3, 0.4) is 0 Å². The minimum atomic E-state index is 0.409. The molecule has 20 heavy (non-hydrogen) atoms. The summed E-state index contributed by atoms with van der Waals surface area (Å²) in [6.45, 7) is 6.66. The summed E-state index contributed by atoms with van der Waals surface area (Å²) < 4.78 is 0. The molecule has 108 valence electrons. The number of hydrogen-bond donors (Lipinski definition) is 1. The van der Waals surface area contributed by atoms with Crippen molar-refractivity contribution >= 4 is 10.9 Å². The Morgan fingerprint density at radius 2 is 1.85 bits per heavy atom. The molecule has 0 amide bonds. The lowest BCUT2D eigenvalue weighted by Gasteiger charge is -2.23. The van der Waals surface area contributed by atoms with E-state index in [1.807, 2.05) is 0 Å². The number of para-hydroxylation sites is 1. The number of hydrogen-bond acceptors (Lipinski definition) is 2. The number of aryl methyl sites for hydroxylation is 1. The van der Waals surface area contributed by atoms with Gasteiger partial charge < -0.3 is 5.32 Å². The SMILES string of the molecule is CCC(CC)CC(NC)c1cc(C)nc2ccccc12. The lowest BCUT2D eigenvalue weighted by molar-refractivity contribution is 0.386. The summed E-state index contributed by atoms with van der Waals surface area (Å²) in [5.41, 5.74) is 3.60. The maximum absolute atomic E-state index is 4.64. The number of benzene rings is 1. The Bertz CT molecular complexity index is 558. The summed E-state index contributed by atoms with van der Waals surface area (Å²) in [6.07, 6.45) is 3.68. The molecule has 0 fully saturated rings. The van der Waals surface area contributed by atoms with Crippen LogP contribution in [0.2, 0.25) is 0 Å². The number of pyridine rings is 1. The smallest absolute Gasteiger partial charge is 0.0708 e. The van der Waals surface area contributed by atoms with Crippen molar-refractivity contribution < 1.29 is 0 Å². The van der Waals surface area contributed by atoms with Gasteiger partial charge in [-0.3, -0.25) is 4.98 Å². The average Bonchev–Trinajstić information content (AvgIpc) is 2.48. The quantitative estimate of drug-likeness (QED) is 0.827. The van der Waals surface area contributed by atoms with E-state index in [0.29, 0.717) is 6.04 Å². The van der Waals surface area contributed by atoms with Crippen molar-refractivity contribution in [3.05, 3.63) is 41.6 Å². The van der Waals surface area contributed by atoms with Gasteiger partial charge in [-0.2, -0.15) is 0 Å². The molecular weight excluding hydrogens is 244 g/mol. The second kappa shape index (κ2) is 6.85. The number of nitrogens with zero attached hydrogens (tertiary/aromatic N) is 1. The summed E-state index contributed by atoms with van der Waals surface area (Å²) in [4.78, 5) is 4.64. The van der Waals surface area contributed by atoms with Crippen molar-refractivity contribution in [3.8, 4) is 0 Å². The van der Waals surface area contributed by atoms with Crippen molar-refractivity contribution in [2.75, 3.05) is 7.05 Å². The summed E-state index contributed by atoms with van der Waals surface area (Å²) in [5.74, 6) is 0.777. The molecule has 0 aliphatic rings. The molecule has 0 saturated carbocycles. The van der Waals surface area contributed by atoms with Gasteiger partial charge in [0.2, 0.25) is 0 Å². The highest BCUT2D eigenvalue weighted by molar-refractivity contribution is 5.82. The standard InChI is InChI=1S/C18H26N2/c1-5-14(6-2)12-18(19-4)16-11-13(3)20-17-10-8-7-9-15(16)17/h7-11,14,18-19H,5-6,12H2,1-4H3. The monoisotopic (exact) mass is 270 g/mol. The summed E-state index contributed by atoms with van der Waals surface area (Å²) >= 11 is 0. The molecule has 1 aromatic carbocycles. The maximum Gasteiger partial charge on any atom is 0.0708 e. The largest absolute Gasteiger partial charge is 0.313 e. The second-order valence-electron chi connectivity index (χ2n) is 5.63. The van der Waals surface area contributed by atoms with Crippen LogP contribution in [0.15, 0.2) is 30.3 Å². The Hall–Kier alpha value is -1.41. The van der Waals surface area contributed by atoms with Crippen LogP contribution in [0, 0.1) is 12.8 Å². The normalized spacial score (nSPS) is 13.1. The number of nitrogens with one attached hydrogen (secondary N) is 1. The number of aromatic nitrogens is 1. The van der Waals surface area contributed by atoms with Crippen molar-refractivity contribution in [2.45, 2.75) is 46.1 Å². The third-order valence-electron chi connectivity index (χ3n) is 4.32. The summed E-state index contributed by atoms with van der Waals surface area (Å²) in [7, 11) is 2.07. The van der Waals surface area contributed by atoms with Crippen LogP contribution in [0.4, 0.5) is 0 Å². The van der Waals surface area contributed by atoms with E-state index < -0.39 is 0 Å². The minimum absolute atomic E-state index is 0.409. The molecule has 0 aliphatic carbocycles. The zero-order valence-electron chi connectivity index (χ0n) is 13.1. The van der Waals surface area contributed by atoms with Gasteiger partial charge in [0.05, 0.1) is 5.52 Å². The molecule has 0 bridgehead atoms. The third-order valence-corrected chi connectivity index (χ3v) is 4.32. The van der Waals surface area contributed by atoms with E-state index in [0.717, 1.165) is 17.1 Å². The fourth-order valence-electron chi connectivity index (χ4n) is 2.98. The second-order valence-corrected chi connectivity index (χ2v) is 5.63. The molecule has 0 aliphatic heterocycles. The molecular formula is C18H26N2. The molecule has 1 heterocycles. The van der Waals surface area contributed by atoms with Gasteiger partial charge in [0.1, 0.15) is 0 Å². The Morgan fingerprint density at radius 3 is 2.50 bits per heavy atom. The average molecular weight is 270 g/mol. The van der Waals surface area contributed by atoms with E-state index in [9.17, 15) is 0 Å². The first-order valence-corrected chi connectivity index (χ1v) is 7.73. The fourth-order valence-corrected chi connectivity index (χ4v) is 2.98. The van der Waals surface area contributed by atoms with Gasteiger partial charge in [-0.1, -0.05) is 44.9 Å². The lowest BCUT2D eigenvalue weighted by Crippen LogP contribution is -2.20. The van der Waals surface area contributed by atoms with Crippen molar-refractivity contribution in [3.63, 3.8) is 0 Å². The van der Waals surface area contributed by atoms with Gasteiger partial charge in [-0.05, 0) is 44.0 Å². The Labute approximate surface area is 122 Å². The Balaban J connectivity index is 2.43. The maximum atomic E-state index is 4.64.